The minimum atomic E-state index is -0.302. The van der Waals surface area contributed by atoms with Gasteiger partial charge in [0.2, 0.25) is 5.91 Å². The Bertz CT molecular complexity index is 1030. The summed E-state index contributed by atoms with van der Waals surface area (Å²) in [5.74, 6) is 0.0891. The predicted molar refractivity (Wildman–Crippen MR) is 93.9 cm³/mol. The first-order chi connectivity index (χ1) is 12.1. The molecule has 0 radical (unpaired) electrons. The number of aryl methyl sites for hydroxylation is 1. The maximum Gasteiger partial charge on any atom is 0.293 e. The molecule has 128 valence electrons. The van der Waals surface area contributed by atoms with Gasteiger partial charge in [-0.1, -0.05) is 18.2 Å². The lowest BCUT2D eigenvalue weighted by Gasteiger charge is -2.10. The van der Waals surface area contributed by atoms with Gasteiger partial charge in [0.05, 0.1) is 17.6 Å². The highest BCUT2D eigenvalue weighted by Crippen LogP contribution is 2.41. The van der Waals surface area contributed by atoms with E-state index in [1.807, 2.05) is 31.2 Å². The van der Waals surface area contributed by atoms with Gasteiger partial charge in [-0.2, -0.15) is 10.2 Å². The van der Waals surface area contributed by atoms with E-state index in [1.54, 1.807) is 17.9 Å². The summed E-state index contributed by atoms with van der Waals surface area (Å²) in [7, 11) is 1.55. The van der Waals surface area contributed by atoms with Gasteiger partial charge >= 0.3 is 0 Å². The molecule has 25 heavy (non-hydrogen) atoms. The second kappa shape index (κ2) is 5.84. The van der Waals surface area contributed by atoms with Crippen LogP contribution in [-0.4, -0.2) is 32.5 Å². The van der Waals surface area contributed by atoms with E-state index in [2.05, 4.69) is 15.5 Å². The highest BCUT2D eigenvalue weighted by molar-refractivity contribution is 5.83. The van der Waals surface area contributed by atoms with Gasteiger partial charge in [0, 0.05) is 18.4 Å². The lowest BCUT2D eigenvalue weighted by atomic mass is 10.2. The molecule has 1 aliphatic rings. The molecule has 0 bridgehead atoms. The summed E-state index contributed by atoms with van der Waals surface area (Å²) >= 11 is 0. The topological polar surface area (TPSA) is 81.8 Å². The fourth-order valence-corrected chi connectivity index (χ4v) is 3.06. The molecule has 0 atom stereocenters. The summed E-state index contributed by atoms with van der Waals surface area (Å²) in [6.07, 6.45) is 3.82. The monoisotopic (exact) mass is 337 g/mol. The van der Waals surface area contributed by atoms with Crippen molar-refractivity contribution in [1.82, 2.24) is 24.9 Å². The largest absolute Gasteiger partial charge is 0.358 e. The third kappa shape index (κ3) is 2.61. The Labute approximate surface area is 144 Å². The van der Waals surface area contributed by atoms with E-state index in [0.717, 1.165) is 35.2 Å². The van der Waals surface area contributed by atoms with Crippen LogP contribution in [0.25, 0.3) is 16.6 Å². The van der Waals surface area contributed by atoms with Gasteiger partial charge in [-0.15, -0.1) is 0 Å². The molecule has 0 aliphatic heterocycles. The highest BCUT2D eigenvalue weighted by Gasteiger charge is 2.30. The van der Waals surface area contributed by atoms with Crippen LogP contribution in [0.5, 0.6) is 0 Å². The van der Waals surface area contributed by atoms with Crippen LogP contribution in [0, 0.1) is 6.92 Å². The summed E-state index contributed by atoms with van der Waals surface area (Å²) in [4.78, 5) is 24.8. The number of nitrogens with one attached hydrogen (secondary N) is 1. The van der Waals surface area contributed by atoms with Crippen LogP contribution < -0.4 is 10.9 Å². The van der Waals surface area contributed by atoms with Gasteiger partial charge < -0.3 is 5.32 Å². The normalized spacial score (nSPS) is 14.0. The maximum absolute atomic E-state index is 13.0. The fraction of sp³-hybridized carbons (Fsp3) is 0.333. The Morgan fingerprint density at radius 2 is 2.08 bits per heavy atom. The standard InChI is InChI=1S/C18H19N5O2/c1-11-5-3-4-6-14(11)23-17-13(9-20-23)16(12-7-8-12)21-22(18(17)25)10-15(24)19-2/h3-6,9,12H,7-8,10H2,1-2H3,(H,19,24). The van der Waals surface area contributed by atoms with E-state index in [0.29, 0.717) is 11.4 Å². The molecule has 1 aromatic carbocycles. The Morgan fingerprint density at radius 3 is 2.76 bits per heavy atom. The van der Waals surface area contributed by atoms with E-state index in [4.69, 9.17) is 0 Å². The van der Waals surface area contributed by atoms with Gasteiger partial charge in [0.1, 0.15) is 12.1 Å². The van der Waals surface area contributed by atoms with Crippen molar-refractivity contribution in [1.29, 1.82) is 0 Å². The maximum atomic E-state index is 13.0. The molecule has 1 fully saturated rings. The minimum Gasteiger partial charge on any atom is -0.358 e. The molecule has 0 unspecified atom stereocenters. The second-order valence-electron chi connectivity index (χ2n) is 6.40. The number of carbonyl (C=O) groups excluding carboxylic acids is 1. The molecule has 1 saturated carbocycles. The van der Waals surface area contributed by atoms with Crippen molar-refractivity contribution in [2.75, 3.05) is 7.05 Å². The van der Waals surface area contributed by atoms with Crippen molar-refractivity contribution in [2.45, 2.75) is 32.2 Å². The third-order valence-corrected chi connectivity index (χ3v) is 4.59. The first-order valence-electron chi connectivity index (χ1n) is 8.35. The zero-order valence-electron chi connectivity index (χ0n) is 14.2. The van der Waals surface area contributed by atoms with Crippen LogP contribution in [0.15, 0.2) is 35.3 Å². The molecule has 7 heteroatoms. The van der Waals surface area contributed by atoms with Gasteiger partial charge in [-0.3, -0.25) is 9.59 Å². The van der Waals surface area contributed by atoms with Gasteiger partial charge in [0.15, 0.2) is 0 Å². The molecule has 0 saturated heterocycles. The lowest BCUT2D eigenvalue weighted by molar-refractivity contribution is -0.121. The average molecular weight is 337 g/mol. The number of nitrogens with zero attached hydrogens (tertiary/aromatic N) is 4. The smallest absolute Gasteiger partial charge is 0.293 e. The molecule has 4 rings (SSSR count). The second-order valence-corrected chi connectivity index (χ2v) is 6.40. The molecule has 0 spiro atoms. The van der Waals surface area contributed by atoms with Crippen LogP contribution in [-0.2, 0) is 11.3 Å². The van der Waals surface area contributed by atoms with Crippen molar-refractivity contribution < 1.29 is 4.79 Å². The SMILES string of the molecule is CNC(=O)Cn1nc(C2CC2)c2cnn(-c3ccccc3C)c2c1=O. The molecule has 3 aromatic rings. The number of carbonyl (C=O) groups is 1. The Morgan fingerprint density at radius 1 is 1.32 bits per heavy atom. The number of likely N-dealkylation sites (N-methyl/N-ethyl adjacent to an activating group) is 1. The van der Waals surface area contributed by atoms with Gasteiger partial charge in [-0.25, -0.2) is 9.36 Å². The quantitative estimate of drug-likeness (QED) is 0.782. The van der Waals surface area contributed by atoms with Crippen LogP contribution in [0.3, 0.4) is 0 Å². The first-order valence-corrected chi connectivity index (χ1v) is 8.35. The summed E-state index contributed by atoms with van der Waals surface area (Å²) < 4.78 is 2.92. The van der Waals surface area contributed by atoms with Gasteiger partial charge in [-0.05, 0) is 31.4 Å². The Kier molecular flexibility index (Phi) is 3.63. The van der Waals surface area contributed by atoms with Crippen LogP contribution in [0.2, 0.25) is 0 Å². The van der Waals surface area contributed by atoms with Crippen LogP contribution >= 0.6 is 0 Å². The predicted octanol–water partition coefficient (Wildman–Crippen LogP) is 1.51. The van der Waals surface area contributed by atoms with Crippen molar-refractivity contribution >= 4 is 16.8 Å². The Balaban J connectivity index is 1.99. The van der Waals surface area contributed by atoms with E-state index >= 15 is 0 Å². The van der Waals surface area contributed by atoms with Crippen LogP contribution in [0.4, 0.5) is 0 Å². The number of hydrogen-bond donors (Lipinski definition) is 1. The van der Waals surface area contributed by atoms with E-state index in [-0.39, 0.29) is 18.0 Å². The number of fused-ring (bicyclic) bond motifs is 1. The molecule has 7 nitrogen and oxygen atoms in total. The number of hydrogen-bond acceptors (Lipinski definition) is 4. The van der Waals surface area contributed by atoms with Crippen LogP contribution in [0.1, 0.15) is 30.0 Å². The van der Waals surface area contributed by atoms with Crippen molar-refractivity contribution in [3.05, 3.63) is 52.1 Å². The molecular formula is C18H19N5O2. The summed E-state index contributed by atoms with van der Waals surface area (Å²) in [6, 6.07) is 7.78. The number of aromatic nitrogens is 4. The zero-order valence-corrected chi connectivity index (χ0v) is 14.2. The van der Waals surface area contributed by atoms with E-state index in [1.165, 1.54) is 4.68 Å². The van der Waals surface area contributed by atoms with E-state index < -0.39 is 0 Å². The highest BCUT2D eigenvalue weighted by atomic mass is 16.2. The molecular weight excluding hydrogens is 318 g/mol. The molecule has 2 aromatic heterocycles. The first kappa shape index (κ1) is 15.6. The number of rotatable bonds is 4. The lowest BCUT2D eigenvalue weighted by Crippen LogP contribution is -2.33. The van der Waals surface area contributed by atoms with Gasteiger partial charge in [0.25, 0.3) is 5.56 Å². The Hall–Kier alpha value is -2.96. The summed E-state index contributed by atoms with van der Waals surface area (Å²) in [5, 5.41) is 12.3. The molecule has 1 N–H and O–H groups in total. The third-order valence-electron chi connectivity index (χ3n) is 4.59. The molecule has 1 aliphatic carbocycles. The molecule has 2 heterocycles. The molecule has 1 amide bonds. The summed E-state index contributed by atoms with van der Waals surface area (Å²) in [6.45, 7) is 1.89. The van der Waals surface area contributed by atoms with Crippen molar-refractivity contribution in [3.63, 3.8) is 0 Å². The van der Waals surface area contributed by atoms with Crippen molar-refractivity contribution in [3.8, 4) is 5.69 Å². The number of benzene rings is 1. The summed E-state index contributed by atoms with van der Waals surface area (Å²) in [5.41, 5.74) is 2.92. The number of para-hydroxylation sites is 1. The average Bonchev–Trinajstić information content (AvgIpc) is 3.36. The zero-order chi connectivity index (χ0) is 17.6. The minimum absolute atomic E-state index is 0.0933. The van der Waals surface area contributed by atoms with Crippen molar-refractivity contribution in [2.24, 2.45) is 0 Å². The number of amides is 1. The fourth-order valence-electron chi connectivity index (χ4n) is 3.06. The van der Waals surface area contributed by atoms with E-state index in [9.17, 15) is 9.59 Å².